The lowest BCUT2D eigenvalue weighted by Gasteiger charge is -2.61. The highest BCUT2D eigenvalue weighted by Gasteiger charge is 2.68. The molecule has 6 heteroatoms. The Morgan fingerprint density at radius 1 is 1.30 bits per heavy atom. The summed E-state index contributed by atoms with van der Waals surface area (Å²) in [7, 11) is 1.39. The molecule has 2 saturated heterocycles. The maximum Gasteiger partial charge on any atom is 0.336 e. The predicted octanol–water partition coefficient (Wildman–Crippen LogP) is 1.83. The molecule has 4 rings (SSSR count). The summed E-state index contributed by atoms with van der Waals surface area (Å²) in [4.78, 5) is 12.1. The zero-order chi connectivity index (χ0) is 19.6. The molecule has 2 heterocycles. The highest BCUT2D eigenvalue weighted by atomic mass is 16.6. The molecule has 0 aromatic rings. The molecule has 152 valence electrons. The number of methoxy groups -OCH3 is 1. The fourth-order valence-electron chi connectivity index (χ4n) is 6.41. The predicted molar refractivity (Wildman–Crippen MR) is 97.9 cm³/mol. The summed E-state index contributed by atoms with van der Waals surface area (Å²) in [6, 6.07) is 0. The van der Waals surface area contributed by atoms with E-state index in [4.69, 9.17) is 14.2 Å². The lowest BCUT2D eigenvalue weighted by molar-refractivity contribution is -0.198. The molecule has 0 amide bonds. The Balaban J connectivity index is 1.67. The number of rotatable bonds is 4. The molecule has 0 radical (unpaired) electrons. The summed E-state index contributed by atoms with van der Waals surface area (Å²) < 4.78 is 16.2. The van der Waals surface area contributed by atoms with Gasteiger partial charge in [0.25, 0.3) is 0 Å². The van der Waals surface area contributed by atoms with Crippen LogP contribution in [0.5, 0.6) is 0 Å². The summed E-state index contributed by atoms with van der Waals surface area (Å²) in [5.41, 5.74) is -0.255. The molecule has 0 aromatic carbocycles. The van der Waals surface area contributed by atoms with Gasteiger partial charge in [-0.2, -0.15) is 0 Å². The first kappa shape index (κ1) is 19.4. The minimum absolute atomic E-state index is 0.0132. The summed E-state index contributed by atoms with van der Waals surface area (Å²) in [6.45, 7) is 7.59. The number of carbonyl (C=O) groups excluding carboxylic acids is 1. The minimum Gasteiger partial charge on any atom is -0.466 e. The second-order valence-electron chi connectivity index (χ2n) is 9.75. The number of allylic oxidation sites excluding steroid dienone is 1. The minimum atomic E-state index is -0.491. The number of epoxide rings is 2. The third-order valence-corrected chi connectivity index (χ3v) is 7.89. The Labute approximate surface area is 160 Å². The van der Waals surface area contributed by atoms with Crippen LogP contribution in [0.4, 0.5) is 0 Å². The van der Waals surface area contributed by atoms with Crippen molar-refractivity contribution in [3.05, 3.63) is 11.6 Å². The first-order chi connectivity index (χ1) is 12.7. The van der Waals surface area contributed by atoms with Gasteiger partial charge in [0, 0.05) is 6.42 Å². The maximum atomic E-state index is 12.1. The Bertz CT molecular complexity index is 647. The first-order valence-corrected chi connectivity index (χ1v) is 10.1. The van der Waals surface area contributed by atoms with E-state index >= 15 is 0 Å². The van der Waals surface area contributed by atoms with Gasteiger partial charge < -0.3 is 24.4 Å². The molecule has 2 aliphatic heterocycles. The summed E-state index contributed by atoms with van der Waals surface area (Å²) in [5, 5.41) is 21.6. The van der Waals surface area contributed by atoms with Crippen LogP contribution in [0, 0.1) is 22.7 Å². The van der Waals surface area contributed by atoms with Crippen LogP contribution in [0.1, 0.15) is 46.5 Å². The number of hydrogen-bond donors (Lipinski definition) is 2. The highest BCUT2D eigenvalue weighted by Crippen LogP contribution is 2.66. The van der Waals surface area contributed by atoms with Crippen LogP contribution in [0.2, 0.25) is 0 Å². The largest absolute Gasteiger partial charge is 0.466 e. The Kier molecular flexibility index (Phi) is 4.50. The second-order valence-corrected chi connectivity index (χ2v) is 9.75. The van der Waals surface area contributed by atoms with E-state index in [-0.39, 0.29) is 40.3 Å². The molecular weight excluding hydrogens is 348 g/mol. The van der Waals surface area contributed by atoms with Gasteiger partial charge in [0.15, 0.2) is 0 Å². The van der Waals surface area contributed by atoms with Crippen molar-refractivity contribution in [2.24, 2.45) is 22.7 Å². The molecule has 2 saturated carbocycles. The van der Waals surface area contributed by atoms with E-state index in [9.17, 15) is 15.0 Å². The van der Waals surface area contributed by atoms with E-state index in [0.29, 0.717) is 31.6 Å². The van der Waals surface area contributed by atoms with Gasteiger partial charge in [-0.15, -0.1) is 0 Å². The normalized spacial score (nSPS) is 48.1. The zero-order valence-corrected chi connectivity index (χ0v) is 16.7. The SMILES string of the molecule is COC(=O)/C(=C/C[C@H]1[C@]2(CO2)C[C@@H](O)[C@H]2C(C)(C)[C@@H](O)CC[C@@]21C)[C@@H]1CO1. The summed E-state index contributed by atoms with van der Waals surface area (Å²) in [5.74, 6) is -0.162. The number of aliphatic hydroxyl groups excluding tert-OH is 2. The van der Waals surface area contributed by atoms with Crippen molar-refractivity contribution in [3.8, 4) is 0 Å². The number of esters is 1. The number of carbonyl (C=O) groups is 1. The monoisotopic (exact) mass is 380 g/mol. The molecule has 27 heavy (non-hydrogen) atoms. The maximum absolute atomic E-state index is 12.1. The quantitative estimate of drug-likeness (QED) is 0.439. The van der Waals surface area contributed by atoms with Crippen LogP contribution in [0.25, 0.3) is 0 Å². The lowest BCUT2D eigenvalue weighted by Crippen LogP contribution is -2.63. The molecular formula is C21H32O6. The summed E-state index contributed by atoms with van der Waals surface area (Å²) in [6.07, 6.45) is 3.75. The van der Waals surface area contributed by atoms with Gasteiger partial charge in [0.1, 0.15) is 6.10 Å². The zero-order valence-electron chi connectivity index (χ0n) is 16.7. The van der Waals surface area contributed by atoms with Crippen LogP contribution in [-0.4, -0.2) is 60.4 Å². The number of hydrogen-bond acceptors (Lipinski definition) is 6. The van der Waals surface area contributed by atoms with E-state index < -0.39 is 12.2 Å². The standard InChI is InChI=1S/C21H32O6/c1-19(2)16(23)7-8-20(3)15(21(11-27-21)9-13(22)17(19)20)6-5-12(14-10-26-14)18(24)25-4/h5,13-17,22-23H,6-11H2,1-4H3/b12-5+/t13-,14+,15-,16+,17+,20-,21-/m1/s1. The van der Waals surface area contributed by atoms with Crippen LogP contribution in [0.3, 0.4) is 0 Å². The van der Waals surface area contributed by atoms with E-state index in [0.717, 1.165) is 12.8 Å². The third kappa shape index (κ3) is 2.96. The van der Waals surface area contributed by atoms with Crippen molar-refractivity contribution in [1.82, 2.24) is 0 Å². The van der Waals surface area contributed by atoms with Crippen LogP contribution >= 0.6 is 0 Å². The third-order valence-electron chi connectivity index (χ3n) is 7.89. The average molecular weight is 380 g/mol. The number of aliphatic hydroxyl groups is 2. The van der Waals surface area contributed by atoms with Gasteiger partial charge in [-0.3, -0.25) is 0 Å². The van der Waals surface area contributed by atoms with Gasteiger partial charge in [-0.05, 0) is 41.9 Å². The van der Waals surface area contributed by atoms with Crippen LogP contribution < -0.4 is 0 Å². The molecule has 2 aliphatic carbocycles. The van der Waals surface area contributed by atoms with Gasteiger partial charge >= 0.3 is 5.97 Å². The molecule has 6 nitrogen and oxygen atoms in total. The van der Waals surface area contributed by atoms with Gasteiger partial charge in [-0.25, -0.2) is 4.79 Å². The second kappa shape index (κ2) is 6.28. The van der Waals surface area contributed by atoms with E-state index in [1.807, 2.05) is 6.08 Å². The van der Waals surface area contributed by atoms with Crippen LogP contribution in [-0.2, 0) is 19.0 Å². The molecule has 0 aromatic heterocycles. The molecule has 0 bridgehead atoms. The number of fused-ring (bicyclic) bond motifs is 1. The first-order valence-electron chi connectivity index (χ1n) is 10.1. The van der Waals surface area contributed by atoms with Gasteiger partial charge in [0.05, 0.1) is 43.7 Å². The highest BCUT2D eigenvalue weighted by molar-refractivity contribution is 5.90. The number of ether oxygens (including phenoxy) is 3. The molecule has 4 aliphatic rings. The lowest BCUT2D eigenvalue weighted by atomic mass is 9.44. The topological polar surface area (TPSA) is 91.8 Å². The van der Waals surface area contributed by atoms with Crippen molar-refractivity contribution >= 4 is 5.97 Å². The molecule has 4 fully saturated rings. The van der Waals surface area contributed by atoms with Crippen molar-refractivity contribution in [2.75, 3.05) is 20.3 Å². The fraction of sp³-hybridized carbons (Fsp3) is 0.857. The fourth-order valence-corrected chi connectivity index (χ4v) is 6.41. The van der Waals surface area contributed by atoms with Gasteiger partial charge in [0.2, 0.25) is 0 Å². The molecule has 1 spiro atoms. The molecule has 2 N–H and O–H groups in total. The Morgan fingerprint density at radius 2 is 1.96 bits per heavy atom. The van der Waals surface area contributed by atoms with E-state index in [1.54, 1.807) is 0 Å². The smallest absolute Gasteiger partial charge is 0.336 e. The Morgan fingerprint density at radius 3 is 2.52 bits per heavy atom. The summed E-state index contributed by atoms with van der Waals surface area (Å²) >= 11 is 0. The van der Waals surface area contributed by atoms with Crippen LogP contribution in [0.15, 0.2) is 11.6 Å². The van der Waals surface area contributed by atoms with Crippen molar-refractivity contribution in [2.45, 2.75) is 70.4 Å². The average Bonchev–Trinajstić information content (AvgIpc) is 3.50. The van der Waals surface area contributed by atoms with E-state index in [2.05, 4.69) is 20.8 Å². The Hall–Kier alpha value is -0.950. The van der Waals surface area contributed by atoms with E-state index in [1.165, 1.54) is 7.11 Å². The van der Waals surface area contributed by atoms with Crippen molar-refractivity contribution < 1.29 is 29.2 Å². The van der Waals surface area contributed by atoms with Crippen molar-refractivity contribution in [3.63, 3.8) is 0 Å². The van der Waals surface area contributed by atoms with Crippen molar-refractivity contribution in [1.29, 1.82) is 0 Å². The molecule has 7 atom stereocenters. The van der Waals surface area contributed by atoms with Gasteiger partial charge in [-0.1, -0.05) is 26.8 Å². The molecule has 0 unspecified atom stereocenters.